The molecule has 0 aliphatic carbocycles. The molecule has 2 aromatic rings. The summed E-state index contributed by atoms with van der Waals surface area (Å²) in [7, 11) is 0. The average molecular weight is 377 g/mol. The third-order valence-electron chi connectivity index (χ3n) is 4.11. The van der Waals surface area contributed by atoms with Crippen molar-refractivity contribution >= 4 is 23.3 Å². The van der Waals surface area contributed by atoms with E-state index in [1.165, 1.54) is 5.38 Å². The SMILES string of the molecule is O=C(O)c1csc(COc2ccc(CN3CCOCC3)cc2)c1C(=O)O. The van der Waals surface area contributed by atoms with E-state index in [2.05, 4.69) is 4.90 Å². The minimum atomic E-state index is -1.26. The number of rotatable bonds is 7. The van der Waals surface area contributed by atoms with Crippen LogP contribution in [-0.4, -0.2) is 53.4 Å². The van der Waals surface area contributed by atoms with Crippen molar-refractivity contribution in [1.82, 2.24) is 4.90 Å². The molecule has 138 valence electrons. The number of carbonyl (C=O) groups is 2. The normalized spacial score (nSPS) is 14.9. The highest BCUT2D eigenvalue weighted by atomic mass is 32.1. The van der Waals surface area contributed by atoms with E-state index >= 15 is 0 Å². The van der Waals surface area contributed by atoms with E-state index in [-0.39, 0.29) is 17.7 Å². The highest BCUT2D eigenvalue weighted by molar-refractivity contribution is 7.10. The molecule has 1 aromatic carbocycles. The summed E-state index contributed by atoms with van der Waals surface area (Å²) < 4.78 is 11.0. The van der Waals surface area contributed by atoms with Gasteiger partial charge in [-0.3, -0.25) is 4.90 Å². The number of nitrogens with zero attached hydrogens (tertiary/aromatic N) is 1. The van der Waals surface area contributed by atoms with Gasteiger partial charge in [-0.25, -0.2) is 9.59 Å². The topological polar surface area (TPSA) is 96.3 Å². The Kier molecular flexibility index (Phi) is 5.87. The molecule has 0 unspecified atom stereocenters. The Morgan fingerprint density at radius 2 is 1.81 bits per heavy atom. The molecule has 1 aliphatic heterocycles. The zero-order chi connectivity index (χ0) is 18.5. The fraction of sp³-hybridized carbons (Fsp3) is 0.333. The van der Waals surface area contributed by atoms with Gasteiger partial charge in [0.25, 0.3) is 0 Å². The van der Waals surface area contributed by atoms with Gasteiger partial charge in [0, 0.05) is 25.0 Å². The van der Waals surface area contributed by atoms with E-state index in [9.17, 15) is 14.7 Å². The number of carboxylic acids is 2. The van der Waals surface area contributed by atoms with Crippen molar-refractivity contribution in [2.75, 3.05) is 26.3 Å². The first-order valence-electron chi connectivity index (χ1n) is 8.13. The monoisotopic (exact) mass is 377 g/mol. The van der Waals surface area contributed by atoms with Gasteiger partial charge in [-0.05, 0) is 17.7 Å². The fourth-order valence-corrected chi connectivity index (χ4v) is 3.67. The van der Waals surface area contributed by atoms with E-state index in [0.29, 0.717) is 10.6 Å². The van der Waals surface area contributed by atoms with E-state index < -0.39 is 11.9 Å². The first-order chi connectivity index (χ1) is 12.5. The number of thiophene rings is 1. The number of ether oxygens (including phenoxy) is 2. The lowest BCUT2D eigenvalue weighted by Gasteiger charge is -2.26. The minimum absolute atomic E-state index is 0.0163. The summed E-state index contributed by atoms with van der Waals surface area (Å²) in [6.45, 7) is 4.21. The summed E-state index contributed by atoms with van der Waals surface area (Å²) in [4.78, 5) is 25.1. The summed E-state index contributed by atoms with van der Waals surface area (Å²) in [5, 5.41) is 19.6. The molecule has 0 amide bonds. The van der Waals surface area contributed by atoms with Gasteiger partial charge in [0.1, 0.15) is 12.4 Å². The Morgan fingerprint density at radius 3 is 2.42 bits per heavy atom. The summed E-state index contributed by atoms with van der Waals surface area (Å²) in [6, 6.07) is 7.61. The smallest absolute Gasteiger partial charge is 0.337 e. The number of hydrogen-bond acceptors (Lipinski definition) is 6. The zero-order valence-electron chi connectivity index (χ0n) is 14.0. The van der Waals surface area contributed by atoms with Crippen LogP contribution in [0.2, 0.25) is 0 Å². The van der Waals surface area contributed by atoms with E-state index in [1.807, 2.05) is 24.3 Å². The molecule has 3 rings (SSSR count). The lowest BCUT2D eigenvalue weighted by molar-refractivity contribution is 0.0342. The number of benzene rings is 1. The van der Waals surface area contributed by atoms with Gasteiger partial charge >= 0.3 is 11.9 Å². The molecule has 1 fully saturated rings. The number of aromatic carboxylic acids is 2. The first kappa shape index (κ1) is 18.4. The largest absolute Gasteiger partial charge is 0.488 e. The standard InChI is InChI=1S/C18H19NO6S/c20-17(21)14-11-26-15(16(14)18(22)23)10-25-13-3-1-12(2-4-13)9-19-5-7-24-8-6-19/h1-4,11H,5-10H2,(H,20,21)(H,22,23). The van der Waals surface area contributed by atoms with Crippen molar-refractivity contribution in [2.24, 2.45) is 0 Å². The lowest BCUT2D eigenvalue weighted by atomic mass is 10.1. The van der Waals surface area contributed by atoms with Crippen molar-refractivity contribution in [2.45, 2.75) is 13.2 Å². The van der Waals surface area contributed by atoms with Crippen LogP contribution in [0, 0.1) is 0 Å². The summed E-state index contributed by atoms with van der Waals surface area (Å²) in [6.07, 6.45) is 0. The molecule has 1 aliphatic rings. The van der Waals surface area contributed by atoms with Crippen LogP contribution in [0.1, 0.15) is 31.2 Å². The van der Waals surface area contributed by atoms with Crippen LogP contribution >= 0.6 is 11.3 Å². The molecule has 0 bridgehead atoms. The molecular weight excluding hydrogens is 358 g/mol. The van der Waals surface area contributed by atoms with E-state index in [1.54, 1.807) is 0 Å². The maximum atomic E-state index is 11.3. The molecule has 0 spiro atoms. The van der Waals surface area contributed by atoms with Crippen molar-refractivity contribution in [3.8, 4) is 5.75 Å². The van der Waals surface area contributed by atoms with Crippen LogP contribution < -0.4 is 4.74 Å². The molecule has 1 saturated heterocycles. The van der Waals surface area contributed by atoms with Crippen LogP contribution in [0.4, 0.5) is 0 Å². The fourth-order valence-electron chi connectivity index (χ4n) is 2.75. The summed E-state index contributed by atoms with van der Waals surface area (Å²) in [5.41, 5.74) is 0.753. The molecule has 2 N–H and O–H groups in total. The first-order valence-corrected chi connectivity index (χ1v) is 9.01. The quantitative estimate of drug-likeness (QED) is 0.765. The van der Waals surface area contributed by atoms with Gasteiger partial charge in [0.05, 0.1) is 29.2 Å². The van der Waals surface area contributed by atoms with Gasteiger partial charge in [-0.15, -0.1) is 11.3 Å². The summed E-state index contributed by atoms with van der Waals surface area (Å²) in [5.74, 6) is -1.90. The minimum Gasteiger partial charge on any atom is -0.488 e. The van der Waals surface area contributed by atoms with Crippen LogP contribution in [0.15, 0.2) is 29.6 Å². The van der Waals surface area contributed by atoms with Gasteiger partial charge in [-0.2, -0.15) is 0 Å². The third kappa shape index (κ3) is 4.40. The molecule has 8 heteroatoms. The second kappa shape index (κ2) is 8.31. The Labute approximate surface area is 154 Å². The van der Waals surface area contributed by atoms with Crippen LogP contribution in [-0.2, 0) is 17.9 Å². The Hall–Kier alpha value is -2.42. The van der Waals surface area contributed by atoms with Gasteiger partial charge in [0.2, 0.25) is 0 Å². The number of morpholine rings is 1. The molecule has 2 heterocycles. The average Bonchev–Trinajstić information content (AvgIpc) is 3.07. The number of carboxylic acid groups (broad SMARTS) is 2. The molecular formula is C18H19NO6S. The molecule has 26 heavy (non-hydrogen) atoms. The third-order valence-corrected chi connectivity index (χ3v) is 5.07. The van der Waals surface area contributed by atoms with Crippen molar-refractivity contribution < 1.29 is 29.3 Å². The number of hydrogen-bond donors (Lipinski definition) is 2. The maximum absolute atomic E-state index is 11.3. The Balaban J connectivity index is 1.61. The van der Waals surface area contributed by atoms with Crippen molar-refractivity contribution in [3.05, 3.63) is 51.2 Å². The lowest BCUT2D eigenvalue weighted by Crippen LogP contribution is -2.35. The van der Waals surface area contributed by atoms with Crippen molar-refractivity contribution in [3.63, 3.8) is 0 Å². The highest BCUT2D eigenvalue weighted by Gasteiger charge is 2.23. The molecule has 0 radical (unpaired) electrons. The van der Waals surface area contributed by atoms with Gasteiger partial charge < -0.3 is 19.7 Å². The Bertz CT molecular complexity index is 779. The van der Waals surface area contributed by atoms with Gasteiger partial charge in [-0.1, -0.05) is 12.1 Å². The predicted molar refractivity (Wildman–Crippen MR) is 95.1 cm³/mol. The predicted octanol–water partition coefficient (Wildman–Crippen LogP) is 2.56. The van der Waals surface area contributed by atoms with Gasteiger partial charge in [0.15, 0.2) is 0 Å². The second-order valence-electron chi connectivity index (χ2n) is 5.88. The Morgan fingerprint density at radius 1 is 1.12 bits per heavy atom. The molecule has 0 saturated carbocycles. The van der Waals surface area contributed by atoms with Crippen LogP contribution in [0.5, 0.6) is 5.75 Å². The second-order valence-corrected chi connectivity index (χ2v) is 6.84. The van der Waals surface area contributed by atoms with E-state index in [4.69, 9.17) is 14.6 Å². The molecule has 1 aromatic heterocycles. The highest BCUT2D eigenvalue weighted by Crippen LogP contribution is 2.25. The maximum Gasteiger partial charge on any atom is 0.337 e. The van der Waals surface area contributed by atoms with Crippen LogP contribution in [0.25, 0.3) is 0 Å². The molecule has 0 atom stereocenters. The van der Waals surface area contributed by atoms with Crippen LogP contribution in [0.3, 0.4) is 0 Å². The van der Waals surface area contributed by atoms with Crippen molar-refractivity contribution in [1.29, 1.82) is 0 Å². The summed E-state index contributed by atoms with van der Waals surface area (Å²) >= 11 is 1.07. The van der Waals surface area contributed by atoms with E-state index in [0.717, 1.165) is 49.7 Å². The molecule has 7 nitrogen and oxygen atoms in total. The zero-order valence-corrected chi connectivity index (χ0v) is 14.8.